The zero-order valence-corrected chi connectivity index (χ0v) is 10.6. The molecule has 1 aliphatic rings. The highest BCUT2D eigenvalue weighted by atomic mass is 16.1. The monoisotopic (exact) mass is 237 g/mol. The summed E-state index contributed by atoms with van der Waals surface area (Å²) in [7, 11) is 0. The van der Waals surface area contributed by atoms with Gasteiger partial charge in [-0.05, 0) is 12.8 Å². The van der Waals surface area contributed by atoms with Gasteiger partial charge < -0.3 is 0 Å². The lowest BCUT2D eigenvalue weighted by Crippen LogP contribution is -2.19. The number of nitrogens with one attached hydrogen (secondary N) is 1. The normalized spacial score (nSPS) is 19.8. The van der Waals surface area contributed by atoms with Crippen molar-refractivity contribution < 1.29 is 0 Å². The van der Waals surface area contributed by atoms with Crippen molar-refractivity contribution in [3.8, 4) is 0 Å². The average Bonchev–Trinajstić information content (AvgIpc) is 2.68. The van der Waals surface area contributed by atoms with Crippen LogP contribution in [0.15, 0.2) is 4.79 Å². The minimum atomic E-state index is -0.0325. The van der Waals surface area contributed by atoms with Crippen molar-refractivity contribution in [2.24, 2.45) is 0 Å². The van der Waals surface area contributed by atoms with Crippen LogP contribution >= 0.6 is 0 Å². The van der Waals surface area contributed by atoms with Crippen LogP contribution in [0.3, 0.4) is 0 Å². The molecular formula is C13H23N3O. The van der Waals surface area contributed by atoms with Gasteiger partial charge in [0.05, 0.1) is 0 Å². The molecule has 0 fully saturated rings. The van der Waals surface area contributed by atoms with Crippen molar-refractivity contribution in [1.82, 2.24) is 14.8 Å². The molecular weight excluding hydrogens is 214 g/mol. The molecule has 0 bridgehead atoms. The second kappa shape index (κ2) is 6.62. The van der Waals surface area contributed by atoms with Crippen LogP contribution in [0, 0.1) is 0 Å². The molecule has 96 valence electrons. The van der Waals surface area contributed by atoms with Crippen molar-refractivity contribution in [2.75, 3.05) is 0 Å². The van der Waals surface area contributed by atoms with E-state index in [1.807, 2.05) is 4.57 Å². The number of hydrogen-bond acceptors (Lipinski definition) is 2. The maximum atomic E-state index is 11.6. The lowest BCUT2D eigenvalue weighted by Gasteiger charge is -2.04. The van der Waals surface area contributed by atoms with Crippen LogP contribution in [0.2, 0.25) is 0 Å². The Bertz CT molecular complexity index is 380. The van der Waals surface area contributed by atoms with Crippen LogP contribution in [0.1, 0.15) is 63.6 Å². The van der Waals surface area contributed by atoms with Crippen LogP contribution in [0.5, 0.6) is 0 Å². The number of fused-ring (bicyclic) bond motifs is 1. The molecule has 17 heavy (non-hydrogen) atoms. The van der Waals surface area contributed by atoms with Crippen molar-refractivity contribution in [3.63, 3.8) is 0 Å². The fourth-order valence-electron chi connectivity index (χ4n) is 2.56. The highest BCUT2D eigenvalue weighted by Gasteiger charge is 2.08. The molecule has 0 aliphatic carbocycles. The Hall–Kier alpha value is -1.06. The Balaban J connectivity index is 1.98. The molecule has 0 aromatic carbocycles. The predicted molar refractivity (Wildman–Crippen MR) is 68.1 cm³/mol. The van der Waals surface area contributed by atoms with E-state index in [1.165, 1.54) is 44.9 Å². The molecule has 0 saturated carbocycles. The number of H-pyrrole nitrogens is 1. The molecule has 0 atom stereocenters. The Kier molecular flexibility index (Phi) is 4.83. The summed E-state index contributed by atoms with van der Waals surface area (Å²) in [6, 6.07) is 0. The topological polar surface area (TPSA) is 50.7 Å². The van der Waals surface area contributed by atoms with E-state index >= 15 is 0 Å². The van der Waals surface area contributed by atoms with E-state index in [9.17, 15) is 4.79 Å². The minimum absolute atomic E-state index is 0.0325. The van der Waals surface area contributed by atoms with Crippen molar-refractivity contribution in [2.45, 2.75) is 70.8 Å². The van der Waals surface area contributed by atoms with Gasteiger partial charge in [0.25, 0.3) is 0 Å². The van der Waals surface area contributed by atoms with Crippen LogP contribution in [0.4, 0.5) is 0 Å². The van der Waals surface area contributed by atoms with E-state index in [2.05, 4.69) is 10.2 Å². The van der Waals surface area contributed by atoms with Gasteiger partial charge in [0, 0.05) is 13.0 Å². The first-order valence-electron chi connectivity index (χ1n) is 7.02. The summed E-state index contributed by atoms with van der Waals surface area (Å²) >= 11 is 0. The van der Waals surface area contributed by atoms with E-state index in [1.54, 1.807) is 0 Å². The molecule has 2 heterocycles. The third-order valence-electron chi connectivity index (χ3n) is 3.62. The number of aromatic amines is 1. The lowest BCUT2D eigenvalue weighted by molar-refractivity contribution is 0.538. The highest BCUT2D eigenvalue weighted by molar-refractivity contribution is 4.86. The van der Waals surface area contributed by atoms with Gasteiger partial charge in [0.2, 0.25) is 0 Å². The zero-order chi connectivity index (χ0) is 11.9. The fraction of sp³-hybridized carbons (Fsp3) is 0.846. The molecule has 1 aliphatic heterocycles. The quantitative estimate of drug-likeness (QED) is 0.754. The standard InChI is InChI=1S/C13H23N3O/c17-13-15-14-12-10-8-6-4-2-1-3-5-7-9-11-16(12)13/h1-11H2,(H,15,17). The summed E-state index contributed by atoms with van der Waals surface area (Å²) in [4.78, 5) is 11.6. The average molecular weight is 237 g/mol. The smallest absolute Gasteiger partial charge is 0.279 e. The molecule has 1 N–H and O–H groups in total. The van der Waals surface area contributed by atoms with Crippen LogP contribution in [-0.4, -0.2) is 14.8 Å². The molecule has 2 rings (SSSR count). The summed E-state index contributed by atoms with van der Waals surface area (Å²) in [6.07, 6.45) is 12.4. The Morgan fingerprint density at radius 2 is 1.47 bits per heavy atom. The summed E-state index contributed by atoms with van der Waals surface area (Å²) in [5, 5.41) is 6.71. The summed E-state index contributed by atoms with van der Waals surface area (Å²) in [5.41, 5.74) is -0.0325. The van der Waals surface area contributed by atoms with E-state index in [0.717, 1.165) is 31.6 Å². The van der Waals surface area contributed by atoms with E-state index in [-0.39, 0.29) is 5.69 Å². The Morgan fingerprint density at radius 1 is 0.882 bits per heavy atom. The first-order valence-corrected chi connectivity index (χ1v) is 7.02. The number of hydrogen-bond donors (Lipinski definition) is 1. The first-order chi connectivity index (χ1) is 8.38. The molecule has 1 aromatic rings. The maximum absolute atomic E-state index is 11.6. The SMILES string of the molecule is O=c1[nH]nc2n1CCCCCCCCCCC2. The maximum Gasteiger partial charge on any atom is 0.343 e. The van der Waals surface area contributed by atoms with Crippen LogP contribution in [-0.2, 0) is 13.0 Å². The molecule has 0 amide bonds. The Labute approximate surface area is 102 Å². The Morgan fingerprint density at radius 3 is 2.18 bits per heavy atom. The third-order valence-corrected chi connectivity index (χ3v) is 3.62. The van der Waals surface area contributed by atoms with Crippen molar-refractivity contribution in [3.05, 3.63) is 16.3 Å². The van der Waals surface area contributed by atoms with Gasteiger partial charge >= 0.3 is 5.69 Å². The second-order valence-electron chi connectivity index (χ2n) is 5.03. The number of nitrogens with zero attached hydrogens (tertiary/aromatic N) is 2. The highest BCUT2D eigenvalue weighted by Crippen LogP contribution is 2.12. The van der Waals surface area contributed by atoms with E-state index < -0.39 is 0 Å². The van der Waals surface area contributed by atoms with Crippen LogP contribution < -0.4 is 5.69 Å². The minimum Gasteiger partial charge on any atom is -0.279 e. The van der Waals surface area contributed by atoms with Gasteiger partial charge in [0.15, 0.2) is 0 Å². The number of aromatic nitrogens is 3. The van der Waals surface area contributed by atoms with Crippen molar-refractivity contribution >= 4 is 0 Å². The third kappa shape index (κ3) is 3.72. The largest absolute Gasteiger partial charge is 0.343 e. The molecule has 0 spiro atoms. The van der Waals surface area contributed by atoms with Gasteiger partial charge in [-0.1, -0.05) is 44.9 Å². The lowest BCUT2D eigenvalue weighted by atomic mass is 10.1. The fourth-order valence-corrected chi connectivity index (χ4v) is 2.56. The molecule has 4 nitrogen and oxygen atoms in total. The second-order valence-corrected chi connectivity index (χ2v) is 5.03. The molecule has 1 aromatic heterocycles. The van der Waals surface area contributed by atoms with Gasteiger partial charge in [-0.2, -0.15) is 5.10 Å². The van der Waals surface area contributed by atoms with Gasteiger partial charge in [-0.25, -0.2) is 9.89 Å². The molecule has 0 radical (unpaired) electrons. The van der Waals surface area contributed by atoms with Gasteiger partial charge in [0.1, 0.15) is 5.82 Å². The molecule has 0 saturated heterocycles. The van der Waals surface area contributed by atoms with E-state index in [4.69, 9.17) is 0 Å². The van der Waals surface area contributed by atoms with Gasteiger partial charge in [-0.3, -0.25) is 4.57 Å². The van der Waals surface area contributed by atoms with Crippen molar-refractivity contribution in [1.29, 1.82) is 0 Å². The first kappa shape index (κ1) is 12.4. The number of rotatable bonds is 0. The van der Waals surface area contributed by atoms with Gasteiger partial charge in [-0.15, -0.1) is 0 Å². The summed E-state index contributed by atoms with van der Waals surface area (Å²) in [5.74, 6) is 0.953. The predicted octanol–water partition coefficient (Wildman–Crippen LogP) is 2.64. The van der Waals surface area contributed by atoms with E-state index in [0.29, 0.717) is 0 Å². The summed E-state index contributed by atoms with van der Waals surface area (Å²) < 4.78 is 1.83. The summed E-state index contributed by atoms with van der Waals surface area (Å²) in [6.45, 7) is 0.838. The molecule has 4 heteroatoms. The zero-order valence-electron chi connectivity index (χ0n) is 10.6. The van der Waals surface area contributed by atoms with Crippen LogP contribution in [0.25, 0.3) is 0 Å². The number of aryl methyl sites for hydroxylation is 1. The molecule has 0 unspecified atom stereocenters.